The fourth-order valence-electron chi connectivity index (χ4n) is 2.17. The van der Waals surface area contributed by atoms with Crippen LogP contribution in [-0.2, 0) is 42.8 Å². The van der Waals surface area contributed by atoms with Crippen molar-refractivity contribution in [2.75, 3.05) is 19.8 Å². The number of rotatable bonds is 21. The number of halogens is 18. The van der Waals surface area contributed by atoms with Gasteiger partial charge in [-0.1, -0.05) is 0 Å². The monoisotopic (exact) mass is 688 g/mol. The topological polar surface area (TPSA) is 107 Å². The van der Waals surface area contributed by atoms with Crippen molar-refractivity contribution in [3.63, 3.8) is 0 Å². The summed E-state index contributed by atoms with van der Waals surface area (Å²) in [5.41, 5.74) is 0. The molecule has 0 rings (SSSR count). The Kier molecular flexibility index (Phi) is 12.1. The third-order valence-electron chi connectivity index (χ3n) is 4.08. The van der Waals surface area contributed by atoms with Crippen LogP contribution in [0.15, 0.2) is 0 Å². The number of hydrogen-bond acceptors (Lipinski definition) is 9. The highest BCUT2D eigenvalue weighted by molar-refractivity contribution is 5.37. The van der Waals surface area contributed by atoms with Crippen LogP contribution in [-0.4, -0.2) is 93.7 Å². The molecule has 0 aliphatic heterocycles. The molecule has 0 spiro atoms. The molecule has 43 heavy (non-hydrogen) atoms. The van der Waals surface area contributed by atoms with E-state index in [1.165, 1.54) is 0 Å². The molecule has 0 unspecified atom stereocenters. The van der Waals surface area contributed by atoms with Gasteiger partial charge in [0.05, 0.1) is 0 Å². The van der Waals surface area contributed by atoms with Crippen LogP contribution in [0.2, 0.25) is 0 Å². The molecule has 0 saturated heterocycles. The molecule has 0 bridgehead atoms. The van der Waals surface area contributed by atoms with Crippen molar-refractivity contribution in [3.8, 4) is 0 Å². The molecule has 0 aromatic heterocycles. The van der Waals surface area contributed by atoms with Crippen molar-refractivity contribution in [2.24, 2.45) is 5.92 Å². The Morgan fingerprint density at radius 2 is 0.581 bits per heavy atom. The van der Waals surface area contributed by atoms with Gasteiger partial charge in [0.25, 0.3) is 19.4 Å². The van der Waals surface area contributed by atoms with E-state index in [1.807, 2.05) is 14.2 Å². The summed E-state index contributed by atoms with van der Waals surface area (Å²) in [4.78, 5) is 29.6. The second kappa shape index (κ2) is 12.9. The lowest BCUT2D eigenvalue weighted by molar-refractivity contribution is -0.540. The van der Waals surface area contributed by atoms with Gasteiger partial charge in [0.2, 0.25) is 5.92 Å². The summed E-state index contributed by atoms with van der Waals surface area (Å²) < 4.78 is 263. The minimum atomic E-state index is -7.75. The zero-order valence-electron chi connectivity index (χ0n) is 19.4. The summed E-state index contributed by atoms with van der Waals surface area (Å²) in [5, 5.41) is 0. The Bertz CT molecular complexity index is 839. The van der Waals surface area contributed by atoms with Crippen molar-refractivity contribution in [2.45, 2.75) is 54.4 Å². The Morgan fingerprint density at radius 1 is 0.395 bits per heavy atom. The molecule has 0 fully saturated rings. The third-order valence-corrected chi connectivity index (χ3v) is 4.08. The smallest absolute Gasteiger partial charge is 0.427 e. The van der Waals surface area contributed by atoms with Crippen LogP contribution in [0.25, 0.3) is 0 Å². The molecule has 0 aliphatic carbocycles. The van der Waals surface area contributed by atoms with Crippen molar-refractivity contribution >= 4 is 19.4 Å². The maximum absolute atomic E-state index is 14.3. The van der Waals surface area contributed by atoms with Gasteiger partial charge in [-0.05, 0) is 0 Å². The largest absolute Gasteiger partial charge is 0.461 e. The fourth-order valence-corrected chi connectivity index (χ4v) is 2.17. The van der Waals surface area contributed by atoms with E-state index >= 15 is 0 Å². The van der Waals surface area contributed by atoms with Gasteiger partial charge in [-0.15, -0.1) is 0 Å². The molecule has 0 N–H and O–H groups in total. The van der Waals surface area contributed by atoms with Gasteiger partial charge >= 0.3 is 54.4 Å². The van der Waals surface area contributed by atoms with Gasteiger partial charge in [-0.2, -0.15) is 79.0 Å². The third kappa shape index (κ3) is 9.51. The van der Waals surface area contributed by atoms with Gasteiger partial charge in [0.1, 0.15) is 0 Å². The van der Waals surface area contributed by atoms with E-state index in [0.29, 0.717) is 0 Å². The van der Waals surface area contributed by atoms with Crippen LogP contribution in [0, 0.1) is 5.92 Å². The van der Waals surface area contributed by atoms with Crippen LogP contribution in [0.3, 0.4) is 0 Å². The molecule has 0 aromatic carbocycles. The second-order valence-corrected chi connectivity index (χ2v) is 7.31. The lowest BCUT2D eigenvalue weighted by atomic mass is 10.1. The molecule has 0 atom stereocenters. The molecular weight excluding hydrogens is 678 g/mol. The highest BCUT2D eigenvalue weighted by Crippen LogP contribution is 2.56. The van der Waals surface area contributed by atoms with Crippen LogP contribution in [0.1, 0.15) is 0 Å². The van der Waals surface area contributed by atoms with Crippen molar-refractivity contribution < 1.29 is 122 Å². The van der Waals surface area contributed by atoms with Crippen molar-refractivity contribution in [1.29, 1.82) is 0 Å². The fraction of sp³-hybridized carbons (Fsp3) is 0.812. The summed E-state index contributed by atoms with van der Waals surface area (Å²) in [7, 11) is 0. The molecule has 0 amide bonds. The Morgan fingerprint density at radius 3 is 0.744 bits per heavy atom. The van der Waals surface area contributed by atoms with Crippen molar-refractivity contribution in [3.05, 3.63) is 0 Å². The first-order valence-electron chi connectivity index (χ1n) is 9.58. The zero-order valence-corrected chi connectivity index (χ0v) is 19.4. The Labute approximate surface area is 222 Å². The Balaban J connectivity index is 7.09. The predicted molar refractivity (Wildman–Crippen MR) is 87.3 cm³/mol. The van der Waals surface area contributed by atoms with E-state index in [9.17, 15) is 93.4 Å². The van der Waals surface area contributed by atoms with Gasteiger partial charge in [0.15, 0.2) is 19.8 Å². The van der Waals surface area contributed by atoms with Crippen molar-refractivity contribution in [1.82, 2.24) is 0 Å². The number of carbonyl (C=O) groups is 3. The lowest BCUT2D eigenvalue weighted by Gasteiger charge is -2.40. The minimum absolute atomic E-state index is 1.10. The summed E-state index contributed by atoms with van der Waals surface area (Å²) in [5.74, 6) is -26.0. The maximum atomic E-state index is 14.3. The maximum Gasteiger partial charge on any atom is 0.427 e. The van der Waals surface area contributed by atoms with Crippen LogP contribution in [0.5, 0.6) is 0 Å². The number of carbonyl (C=O) groups excluding carboxylic acids is 3. The molecule has 254 valence electrons. The van der Waals surface area contributed by atoms with Gasteiger partial charge in [0, 0.05) is 0 Å². The average molecular weight is 688 g/mol. The standard InChI is InChI=1S/C16H10F18O9/c17-8(18,1-38-4-35)14(29,30)41-11(23,24)7(12(25,26)42-15(31,32)9(19,20)2-39-5-36)13(27,28)43-16(33,34)10(21,22)3-40-6-37/h4-7H,1-3H2. The van der Waals surface area contributed by atoms with E-state index in [4.69, 9.17) is 0 Å². The highest BCUT2D eigenvalue weighted by atomic mass is 19.4. The van der Waals surface area contributed by atoms with Gasteiger partial charge < -0.3 is 14.2 Å². The highest BCUT2D eigenvalue weighted by Gasteiger charge is 2.79. The number of ether oxygens (including phenoxy) is 6. The first-order valence-corrected chi connectivity index (χ1v) is 9.58. The molecule has 0 saturated carbocycles. The molecule has 0 aliphatic rings. The summed E-state index contributed by atoms with van der Waals surface area (Å²) in [6.45, 7) is -12.4. The van der Waals surface area contributed by atoms with E-state index in [-0.39, 0.29) is 0 Å². The average Bonchev–Trinajstić information content (AvgIpc) is 2.76. The lowest BCUT2D eigenvalue weighted by Crippen LogP contribution is -2.64. The molecule has 27 heteroatoms. The van der Waals surface area contributed by atoms with Gasteiger partial charge in [-0.25, -0.2) is 14.2 Å². The molecule has 0 heterocycles. The van der Waals surface area contributed by atoms with E-state index in [0.717, 1.165) is 0 Å². The predicted octanol–water partition coefficient (Wildman–Crippen LogP) is 4.63. The zero-order chi connectivity index (χ0) is 34.6. The molecule has 0 radical (unpaired) electrons. The normalized spacial score (nSPS) is 14.9. The van der Waals surface area contributed by atoms with Gasteiger partial charge in [-0.3, -0.25) is 14.4 Å². The first kappa shape index (κ1) is 40.0. The van der Waals surface area contributed by atoms with Crippen LogP contribution >= 0.6 is 0 Å². The molecular formula is C16H10F18O9. The summed E-state index contributed by atoms with van der Waals surface area (Å²) in [6.07, 6.45) is -44.8. The second-order valence-electron chi connectivity index (χ2n) is 7.31. The van der Waals surface area contributed by atoms with E-state index in [2.05, 4.69) is 14.2 Å². The number of alkyl halides is 18. The van der Waals surface area contributed by atoms with Crippen LogP contribution in [0.4, 0.5) is 79.0 Å². The Hall–Kier alpha value is -2.97. The first-order chi connectivity index (χ1) is 18.9. The summed E-state index contributed by atoms with van der Waals surface area (Å²) >= 11 is 0. The van der Waals surface area contributed by atoms with E-state index in [1.54, 1.807) is 0 Å². The minimum Gasteiger partial charge on any atom is -0.461 e. The number of hydrogen-bond donors (Lipinski definition) is 0. The SMILES string of the molecule is O=COCC(F)(F)C(F)(F)OC(F)(F)C(C(F)(F)OC(F)(F)C(F)(F)COC=O)C(F)(F)OC(F)(F)C(F)(F)COC=O. The molecule has 9 nitrogen and oxygen atoms in total. The van der Waals surface area contributed by atoms with E-state index < -0.39 is 99.6 Å². The van der Waals surface area contributed by atoms with Crippen LogP contribution < -0.4 is 0 Å². The summed E-state index contributed by atoms with van der Waals surface area (Å²) in [6, 6.07) is 0. The quantitative estimate of drug-likeness (QED) is 0.0970. The molecule has 0 aromatic rings.